The standard InChI is InChI=1S/C14H19FN2O/c1-17(10-11-6-2-3-7-12(11)15)14(18)13-8-4-5-9-16-13/h2-3,6-7,13,16H,4-5,8-10H2,1H3. The summed E-state index contributed by atoms with van der Waals surface area (Å²) in [6, 6.07) is 6.48. The van der Waals surface area contributed by atoms with Gasteiger partial charge in [-0.3, -0.25) is 4.79 Å². The molecule has 4 heteroatoms. The van der Waals surface area contributed by atoms with Crippen molar-refractivity contribution in [1.29, 1.82) is 0 Å². The predicted octanol–water partition coefficient (Wildman–Crippen LogP) is 1.93. The molecule has 1 aliphatic heterocycles. The number of carbonyl (C=O) groups is 1. The molecule has 0 aromatic heterocycles. The Morgan fingerprint density at radius 2 is 2.22 bits per heavy atom. The number of hydrogen-bond acceptors (Lipinski definition) is 2. The van der Waals surface area contributed by atoms with Gasteiger partial charge in [0.15, 0.2) is 0 Å². The fourth-order valence-corrected chi connectivity index (χ4v) is 2.29. The predicted molar refractivity (Wildman–Crippen MR) is 68.5 cm³/mol. The summed E-state index contributed by atoms with van der Waals surface area (Å²) in [5.74, 6) is -0.202. The third-order valence-corrected chi connectivity index (χ3v) is 3.35. The van der Waals surface area contributed by atoms with E-state index in [0.29, 0.717) is 12.1 Å². The van der Waals surface area contributed by atoms with Crippen molar-refractivity contribution in [2.24, 2.45) is 0 Å². The van der Waals surface area contributed by atoms with Crippen molar-refractivity contribution in [2.45, 2.75) is 31.8 Å². The molecule has 1 unspecified atom stereocenters. The highest BCUT2D eigenvalue weighted by Gasteiger charge is 2.23. The van der Waals surface area contributed by atoms with Gasteiger partial charge in [-0.2, -0.15) is 0 Å². The molecule has 1 amide bonds. The van der Waals surface area contributed by atoms with E-state index in [4.69, 9.17) is 0 Å². The van der Waals surface area contributed by atoms with Crippen molar-refractivity contribution in [1.82, 2.24) is 10.2 Å². The minimum atomic E-state index is -0.256. The van der Waals surface area contributed by atoms with Gasteiger partial charge in [0.2, 0.25) is 5.91 Å². The second kappa shape index (κ2) is 5.96. The number of nitrogens with zero attached hydrogens (tertiary/aromatic N) is 1. The summed E-state index contributed by atoms with van der Waals surface area (Å²) in [5, 5.41) is 3.22. The Hall–Kier alpha value is -1.42. The van der Waals surface area contributed by atoms with Crippen LogP contribution in [-0.4, -0.2) is 30.4 Å². The van der Waals surface area contributed by atoms with Crippen LogP contribution < -0.4 is 5.32 Å². The Bertz CT molecular complexity index is 416. The van der Waals surface area contributed by atoms with E-state index in [2.05, 4.69) is 5.32 Å². The monoisotopic (exact) mass is 250 g/mol. The molecule has 0 spiro atoms. The van der Waals surface area contributed by atoms with E-state index in [1.807, 2.05) is 0 Å². The highest BCUT2D eigenvalue weighted by atomic mass is 19.1. The number of nitrogens with one attached hydrogen (secondary N) is 1. The third kappa shape index (κ3) is 3.07. The van der Waals surface area contributed by atoms with Crippen LogP contribution in [0.2, 0.25) is 0 Å². The maximum atomic E-state index is 13.5. The van der Waals surface area contributed by atoms with Crippen molar-refractivity contribution in [3.05, 3.63) is 35.6 Å². The average molecular weight is 250 g/mol. The summed E-state index contributed by atoms with van der Waals surface area (Å²) in [7, 11) is 1.73. The van der Waals surface area contributed by atoms with Gasteiger partial charge in [0, 0.05) is 19.2 Å². The fourth-order valence-electron chi connectivity index (χ4n) is 2.29. The minimum absolute atomic E-state index is 0.0537. The number of rotatable bonds is 3. The number of amides is 1. The number of likely N-dealkylation sites (N-methyl/N-ethyl adjacent to an activating group) is 1. The van der Waals surface area contributed by atoms with Crippen LogP contribution in [0.25, 0.3) is 0 Å². The second-order valence-corrected chi connectivity index (χ2v) is 4.79. The molecule has 1 fully saturated rings. The molecule has 98 valence electrons. The summed E-state index contributed by atoms with van der Waals surface area (Å²) < 4.78 is 13.5. The van der Waals surface area contributed by atoms with Gasteiger partial charge in [-0.15, -0.1) is 0 Å². The van der Waals surface area contributed by atoms with Crippen molar-refractivity contribution in [3.8, 4) is 0 Å². The lowest BCUT2D eigenvalue weighted by Gasteiger charge is -2.27. The lowest BCUT2D eigenvalue weighted by Crippen LogP contribution is -2.47. The summed E-state index contributed by atoms with van der Waals surface area (Å²) in [6.45, 7) is 1.22. The fraction of sp³-hybridized carbons (Fsp3) is 0.500. The molecule has 0 saturated carbocycles. The highest BCUT2D eigenvalue weighted by molar-refractivity contribution is 5.81. The zero-order valence-corrected chi connectivity index (χ0v) is 10.7. The van der Waals surface area contributed by atoms with Crippen LogP contribution in [0.3, 0.4) is 0 Å². The first-order chi connectivity index (χ1) is 8.68. The van der Waals surface area contributed by atoms with Crippen LogP contribution in [0, 0.1) is 5.82 Å². The van der Waals surface area contributed by atoms with Gasteiger partial charge in [-0.05, 0) is 25.5 Å². The zero-order valence-electron chi connectivity index (χ0n) is 10.7. The van der Waals surface area contributed by atoms with Crippen molar-refractivity contribution in [2.75, 3.05) is 13.6 Å². The van der Waals surface area contributed by atoms with Crippen LogP contribution in [0.4, 0.5) is 4.39 Å². The lowest BCUT2D eigenvalue weighted by atomic mass is 10.0. The first kappa shape index (κ1) is 13.0. The van der Waals surface area contributed by atoms with Crippen LogP contribution in [-0.2, 0) is 11.3 Å². The molecule has 2 rings (SSSR count). The van der Waals surface area contributed by atoms with E-state index in [9.17, 15) is 9.18 Å². The number of carbonyl (C=O) groups excluding carboxylic acids is 1. The Balaban J connectivity index is 1.96. The van der Waals surface area contributed by atoms with Gasteiger partial charge in [0.05, 0.1) is 6.04 Å². The van der Waals surface area contributed by atoms with E-state index >= 15 is 0 Å². The second-order valence-electron chi connectivity index (χ2n) is 4.79. The van der Waals surface area contributed by atoms with Gasteiger partial charge >= 0.3 is 0 Å². The Labute approximate surface area is 107 Å². The SMILES string of the molecule is CN(Cc1ccccc1F)C(=O)C1CCCCN1. The average Bonchev–Trinajstić information content (AvgIpc) is 2.41. The van der Waals surface area contributed by atoms with Gasteiger partial charge in [-0.1, -0.05) is 24.6 Å². The third-order valence-electron chi connectivity index (χ3n) is 3.35. The minimum Gasteiger partial charge on any atom is -0.340 e. The molecule has 3 nitrogen and oxygen atoms in total. The Kier molecular flexibility index (Phi) is 4.31. The molecule has 0 aliphatic carbocycles. The molecule has 1 heterocycles. The Morgan fingerprint density at radius 3 is 2.89 bits per heavy atom. The molecule has 1 aromatic carbocycles. The maximum Gasteiger partial charge on any atom is 0.239 e. The van der Waals surface area contributed by atoms with Gasteiger partial charge in [0.1, 0.15) is 5.82 Å². The normalized spacial score (nSPS) is 19.6. The quantitative estimate of drug-likeness (QED) is 0.889. The van der Waals surface area contributed by atoms with Crippen molar-refractivity contribution in [3.63, 3.8) is 0 Å². The van der Waals surface area contributed by atoms with Crippen molar-refractivity contribution >= 4 is 5.91 Å². The van der Waals surface area contributed by atoms with Crippen molar-refractivity contribution < 1.29 is 9.18 Å². The van der Waals surface area contributed by atoms with E-state index in [1.165, 1.54) is 6.07 Å². The molecule has 0 radical (unpaired) electrons. The van der Waals surface area contributed by atoms with Gasteiger partial charge < -0.3 is 10.2 Å². The Morgan fingerprint density at radius 1 is 1.44 bits per heavy atom. The highest BCUT2D eigenvalue weighted by Crippen LogP contribution is 2.13. The smallest absolute Gasteiger partial charge is 0.239 e. The van der Waals surface area contributed by atoms with E-state index in [1.54, 1.807) is 30.1 Å². The number of benzene rings is 1. The van der Waals surface area contributed by atoms with Crippen LogP contribution in [0.1, 0.15) is 24.8 Å². The topological polar surface area (TPSA) is 32.3 Å². The maximum absolute atomic E-state index is 13.5. The molecule has 0 bridgehead atoms. The summed E-state index contributed by atoms with van der Waals surface area (Å²) in [6.07, 6.45) is 3.08. The first-order valence-corrected chi connectivity index (χ1v) is 6.40. The molecule has 1 N–H and O–H groups in total. The zero-order chi connectivity index (χ0) is 13.0. The molecule has 1 atom stereocenters. The molecule has 1 aliphatic rings. The lowest BCUT2D eigenvalue weighted by molar-refractivity contribution is -0.133. The summed E-state index contributed by atoms with van der Waals surface area (Å²) in [5.41, 5.74) is 0.559. The number of hydrogen-bond donors (Lipinski definition) is 1. The first-order valence-electron chi connectivity index (χ1n) is 6.40. The molecule has 1 saturated heterocycles. The van der Waals surface area contributed by atoms with Gasteiger partial charge in [-0.25, -0.2) is 4.39 Å². The summed E-state index contributed by atoms with van der Waals surface area (Å²) in [4.78, 5) is 13.8. The van der Waals surface area contributed by atoms with E-state index in [0.717, 1.165) is 25.8 Å². The molecule has 1 aromatic rings. The van der Waals surface area contributed by atoms with Crippen LogP contribution in [0.5, 0.6) is 0 Å². The number of piperidine rings is 1. The van der Waals surface area contributed by atoms with Gasteiger partial charge in [0.25, 0.3) is 0 Å². The summed E-state index contributed by atoms with van der Waals surface area (Å²) >= 11 is 0. The largest absolute Gasteiger partial charge is 0.340 e. The number of halogens is 1. The van der Waals surface area contributed by atoms with E-state index < -0.39 is 0 Å². The van der Waals surface area contributed by atoms with Crippen LogP contribution in [0.15, 0.2) is 24.3 Å². The van der Waals surface area contributed by atoms with E-state index in [-0.39, 0.29) is 17.8 Å². The molecular formula is C14H19FN2O. The molecular weight excluding hydrogens is 231 g/mol. The molecule has 18 heavy (non-hydrogen) atoms. The van der Waals surface area contributed by atoms with Crippen LogP contribution >= 0.6 is 0 Å².